The van der Waals surface area contributed by atoms with E-state index in [-0.39, 0.29) is 11.4 Å². The molecule has 0 bridgehead atoms. The molecule has 0 fully saturated rings. The lowest BCUT2D eigenvalue weighted by molar-refractivity contribution is 0.198. The van der Waals surface area contributed by atoms with Crippen molar-refractivity contribution in [1.29, 1.82) is 0 Å². The molecule has 1 atom stereocenters. The van der Waals surface area contributed by atoms with E-state index in [9.17, 15) is 8.42 Å². The first-order chi connectivity index (χ1) is 8.77. The summed E-state index contributed by atoms with van der Waals surface area (Å²) in [4.78, 5) is 0.183. The van der Waals surface area contributed by atoms with Crippen molar-refractivity contribution in [3.63, 3.8) is 0 Å². The Labute approximate surface area is 114 Å². The van der Waals surface area contributed by atoms with Crippen molar-refractivity contribution >= 4 is 10.0 Å². The van der Waals surface area contributed by atoms with Crippen LogP contribution in [0.2, 0.25) is 0 Å². The zero-order valence-electron chi connectivity index (χ0n) is 11.7. The number of aliphatic hydroxyl groups excluding tert-OH is 1. The zero-order valence-corrected chi connectivity index (χ0v) is 12.5. The third-order valence-electron chi connectivity index (χ3n) is 2.63. The second-order valence-electron chi connectivity index (χ2n) is 4.52. The first-order valence-corrected chi connectivity index (χ1v) is 7.68. The van der Waals surface area contributed by atoms with E-state index in [2.05, 4.69) is 4.72 Å². The van der Waals surface area contributed by atoms with Gasteiger partial charge in [-0.15, -0.1) is 0 Å². The van der Waals surface area contributed by atoms with Crippen LogP contribution in [0.15, 0.2) is 17.0 Å². The van der Waals surface area contributed by atoms with Gasteiger partial charge in [-0.1, -0.05) is 6.07 Å². The fourth-order valence-corrected chi connectivity index (χ4v) is 3.08. The first-order valence-electron chi connectivity index (χ1n) is 6.19. The summed E-state index contributed by atoms with van der Waals surface area (Å²) >= 11 is 0. The molecule has 0 radical (unpaired) electrons. The Morgan fingerprint density at radius 2 is 1.95 bits per heavy atom. The number of hydrogen-bond acceptors (Lipinski definition) is 4. The molecule has 0 aliphatic carbocycles. The van der Waals surface area contributed by atoms with Crippen LogP contribution in [0.3, 0.4) is 0 Å². The van der Waals surface area contributed by atoms with Crippen molar-refractivity contribution in [2.45, 2.75) is 38.7 Å². The Morgan fingerprint density at radius 3 is 2.47 bits per heavy atom. The van der Waals surface area contributed by atoms with Gasteiger partial charge in [-0.05, 0) is 38.8 Å². The van der Waals surface area contributed by atoms with Crippen LogP contribution in [0, 0.1) is 13.8 Å². The predicted molar refractivity (Wildman–Crippen MR) is 74.0 cm³/mol. The molecule has 0 saturated carbocycles. The van der Waals surface area contributed by atoms with Gasteiger partial charge in [0.2, 0.25) is 10.0 Å². The molecule has 0 aliphatic heterocycles. The quantitative estimate of drug-likeness (QED) is 0.828. The number of sulfonamides is 1. The molecule has 108 valence electrons. The molecule has 1 aromatic rings. The molecule has 0 amide bonds. The van der Waals surface area contributed by atoms with Crippen molar-refractivity contribution in [3.05, 3.63) is 23.3 Å². The van der Waals surface area contributed by atoms with Crippen LogP contribution in [-0.2, 0) is 10.0 Å². The van der Waals surface area contributed by atoms with Crippen molar-refractivity contribution in [2.24, 2.45) is 0 Å². The summed E-state index contributed by atoms with van der Waals surface area (Å²) in [6.45, 7) is 7.44. The summed E-state index contributed by atoms with van der Waals surface area (Å²) in [7, 11) is -3.63. The molecule has 0 aliphatic rings. The SMILES string of the molecule is CCOc1cc(S(=O)(=O)NC[C@@H](C)O)c(C)cc1C. The lowest BCUT2D eigenvalue weighted by Gasteiger charge is -2.14. The standard InChI is InChI=1S/C13H21NO4S/c1-5-18-12-7-13(10(3)6-9(12)2)19(16,17)14-8-11(4)15/h6-7,11,14-15H,5,8H2,1-4H3/t11-/m1/s1. The van der Waals surface area contributed by atoms with E-state index in [1.165, 1.54) is 13.0 Å². The second-order valence-corrected chi connectivity index (χ2v) is 6.25. The molecular weight excluding hydrogens is 266 g/mol. The fourth-order valence-electron chi connectivity index (χ4n) is 1.72. The van der Waals surface area contributed by atoms with Gasteiger partial charge in [-0.3, -0.25) is 0 Å². The summed E-state index contributed by atoms with van der Waals surface area (Å²) in [6.07, 6.45) is -0.730. The van der Waals surface area contributed by atoms with Crippen molar-refractivity contribution in [3.8, 4) is 5.75 Å². The third kappa shape index (κ3) is 4.19. The van der Waals surface area contributed by atoms with Gasteiger partial charge in [0, 0.05) is 12.6 Å². The van der Waals surface area contributed by atoms with Gasteiger partial charge in [0.05, 0.1) is 17.6 Å². The van der Waals surface area contributed by atoms with Crippen LogP contribution in [0.1, 0.15) is 25.0 Å². The van der Waals surface area contributed by atoms with Crippen LogP contribution in [0.25, 0.3) is 0 Å². The smallest absolute Gasteiger partial charge is 0.241 e. The number of hydrogen-bond donors (Lipinski definition) is 2. The number of aliphatic hydroxyl groups is 1. The molecule has 6 heteroatoms. The summed E-state index contributed by atoms with van der Waals surface area (Å²) in [5.74, 6) is 0.561. The summed E-state index contributed by atoms with van der Waals surface area (Å²) < 4.78 is 32.1. The second kappa shape index (κ2) is 6.36. The van der Waals surface area contributed by atoms with E-state index in [0.717, 1.165) is 5.56 Å². The monoisotopic (exact) mass is 287 g/mol. The van der Waals surface area contributed by atoms with E-state index in [0.29, 0.717) is 17.9 Å². The molecule has 0 unspecified atom stereocenters. The van der Waals surface area contributed by atoms with Crippen LogP contribution in [0.4, 0.5) is 0 Å². The average molecular weight is 287 g/mol. The van der Waals surface area contributed by atoms with Crippen LogP contribution in [0.5, 0.6) is 5.75 Å². The van der Waals surface area contributed by atoms with Crippen LogP contribution in [-0.4, -0.2) is 32.8 Å². The highest BCUT2D eigenvalue weighted by Crippen LogP contribution is 2.26. The molecule has 0 spiro atoms. The first kappa shape index (κ1) is 15.9. The summed E-state index contributed by atoms with van der Waals surface area (Å²) in [5.41, 5.74) is 1.55. The molecular formula is C13H21NO4S. The summed E-state index contributed by atoms with van der Waals surface area (Å²) in [5, 5.41) is 9.16. The van der Waals surface area contributed by atoms with Crippen LogP contribution >= 0.6 is 0 Å². The van der Waals surface area contributed by atoms with E-state index in [4.69, 9.17) is 9.84 Å². The van der Waals surface area contributed by atoms with Crippen molar-refractivity contribution in [2.75, 3.05) is 13.2 Å². The Balaban J connectivity index is 3.15. The van der Waals surface area contributed by atoms with Gasteiger partial charge in [0.15, 0.2) is 0 Å². The lowest BCUT2D eigenvalue weighted by Crippen LogP contribution is -2.31. The Bertz CT molecular complexity index is 538. The number of nitrogens with one attached hydrogen (secondary N) is 1. The number of benzene rings is 1. The lowest BCUT2D eigenvalue weighted by atomic mass is 10.1. The van der Waals surface area contributed by atoms with Gasteiger partial charge in [-0.25, -0.2) is 13.1 Å². The molecule has 0 saturated heterocycles. The van der Waals surface area contributed by atoms with Gasteiger partial charge in [-0.2, -0.15) is 0 Å². The highest BCUT2D eigenvalue weighted by Gasteiger charge is 2.19. The normalized spacial score (nSPS) is 13.3. The van der Waals surface area contributed by atoms with E-state index < -0.39 is 16.1 Å². The number of ether oxygens (including phenoxy) is 1. The van der Waals surface area contributed by atoms with Crippen molar-refractivity contribution < 1.29 is 18.3 Å². The predicted octanol–water partition coefficient (Wildman–Crippen LogP) is 1.36. The van der Waals surface area contributed by atoms with Gasteiger partial charge in [0.25, 0.3) is 0 Å². The Hall–Kier alpha value is -1.11. The number of rotatable bonds is 6. The maximum Gasteiger partial charge on any atom is 0.241 e. The fraction of sp³-hybridized carbons (Fsp3) is 0.538. The summed E-state index contributed by atoms with van der Waals surface area (Å²) in [6, 6.07) is 3.31. The maximum absolute atomic E-state index is 12.1. The van der Waals surface area contributed by atoms with E-state index >= 15 is 0 Å². The minimum atomic E-state index is -3.63. The number of aryl methyl sites for hydroxylation is 2. The van der Waals surface area contributed by atoms with Gasteiger partial charge < -0.3 is 9.84 Å². The topological polar surface area (TPSA) is 75.6 Å². The van der Waals surface area contributed by atoms with E-state index in [1.807, 2.05) is 13.8 Å². The maximum atomic E-state index is 12.1. The van der Waals surface area contributed by atoms with Crippen LogP contribution < -0.4 is 9.46 Å². The molecule has 0 heterocycles. The Morgan fingerprint density at radius 1 is 1.32 bits per heavy atom. The van der Waals surface area contributed by atoms with Gasteiger partial charge >= 0.3 is 0 Å². The largest absolute Gasteiger partial charge is 0.494 e. The van der Waals surface area contributed by atoms with Gasteiger partial charge in [0.1, 0.15) is 5.75 Å². The minimum Gasteiger partial charge on any atom is -0.494 e. The average Bonchev–Trinajstić information content (AvgIpc) is 2.30. The molecule has 2 N–H and O–H groups in total. The molecule has 1 aromatic carbocycles. The molecule has 19 heavy (non-hydrogen) atoms. The molecule has 0 aromatic heterocycles. The molecule has 5 nitrogen and oxygen atoms in total. The van der Waals surface area contributed by atoms with E-state index in [1.54, 1.807) is 13.0 Å². The van der Waals surface area contributed by atoms with Crippen molar-refractivity contribution in [1.82, 2.24) is 4.72 Å². The molecule has 1 rings (SSSR count). The zero-order chi connectivity index (χ0) is 14.6. The minimum absolute atomic E-state index is 0.0143. The Kier molecular flexibility index (Phi) is 5.34. The third-order valence-corrected chi connectivity index (χ3v) is 4.20. The highest BCUT2D eigenvalue weighted by molar-refractivity contribution is 7.89. The highest BCUT2D eigenvalue weighted by atomic mass is 32.2.